The summed E-state index contributed by atoms with van der Waals surface area (Å²) in [7, 11) is 0. The molecule has 1 aliphatic carbocycles. The Morgan fingerprint density at radius 1 is 1.16 bits per heavy atom. The monoisotopic (exact) mass is 423 g/mol. The Hall–Kier alpha value is -3.47. The first-order valence-electron chi connectivity index (χ1n) is 11.5. The number of nitrogens with one attached hydrogen (secondary N) is 2. The summed E-state index contributed by atoms with van der Waals surface area (Å²) in [4.78, 5) is 12.5. The third-order valence-corrected chi connectivity index (χ3v) is 6.51. The second kappa shape index (κ2) is 8.95. The highest BCUT2D eigenvalue weighted by Crippen LogP contribution is 2.27. The maximum Gasteiger partial charge on any atom is 0.159 e. The number of aromatic amines is 2. The molecule has 2 N–H and O–H groups in total. The predicted molar refractivity (Wildman–Crippen MR) is 131 cm³/mol. The van der Waals surface area contributed by atoms with Crippen molar-refractivity contribution in [2.45, 2.75) is 45.4 Å². The van der Waals surface area contributed by atoms with Gasteiger partial charge in [-0.05, 0) is 60.2 Å². The molecule has 1 fully saturated rings. The second-order valence-electron chi connectivity index (χ2n) is 8.87. The first-order chi connectivity index (χ1) is 15.7. The van der Waals surface area contributed by atoms with E-state index in [0.29, 0.717) is 0 Å². The molecule has 0 unspecified atom stereocenters. The van der Waals surface area contributed by atoms with Crippen LogP contribution in [0.15, 0.2) is 48.8 Å². The number of nitrogens with zero attached hydrogens (tertiary/aromatic N) is 3. The van der Waals surface area contributed by atoms with Gasteiger partial charge in [-0.15, -0.1) is 0 Å². The van der Waals surface area contributed by atoms with E-state index < -0.39 is 0 Å². The van der Waals surface area contributed by atoms with Crippen molar-refractivity contribution >= 4 is 29.3 Å². The van der Waals surface area contributed by atoms with Crippen molar-refractivity contribution in [3.05, 3.63) is 70.5 Å². The summed E-state index contributed by atoms with van der Waals surface area (Å²) in [5, 5.41) is 9.27. The normalized spacial score (nSPS) is 16.2. The predicted octanol–water partition coefficient (Wildman–Crippen LogP) is 4.77. The highest BCUT2D eigenvalue weighted by molar-refractivity contribution is 5.78. The number of benzene rings is 1. The molecule has 0 atom stereocenters. The third-order valence-electron chi connectivity index (χ3n) is 6.51. The van der Waals surface area contributed by atoms with Crippen LogP contribution in [0.4, 0.5) is 0 Å². The largest absolute Gasteiger partial charge is 0.337 e. The summed E-state index contributed by atoms with van der Waals surface area (Å²) in [6.07, 6.45) is 16.1. The minimum Gasteiger partial charge on any atom is -0.337 e. The summed E-state index contributed by atoms with van der Waals surface area (Å²) < 4.78 is 0. The first-order valence-corrected chi connectivity index (χ1v) is 11.5. The molecule has 32 heavy (non-hydrogen) atoms. The van der Waals surface area contributed by atoms with Crippen LogP contribution >= 0.6 is 0 Å². The third kappa shape index (κ3) is 4.28. The molecule has 5 rings (SSSR count). The highest BCUT2D eigenvalue weighted by atomic mass is 15.1. The van der Waals surface area contributed by atoms with Crippen molar-refractivity contribution in [1.29, 1.82) is 0 Å². The Labute approximate surface area is 188 Å². The van der Waals surface area contributed by atoms with Crippen LogP contribution < -0.4 is 10.6 Å². The molecular formula is C27H29N5. The van der Waals surface area contributed by atoms with E-state index in [9.17, 15) is 0 Å². The Kier molecular flexibility index (Phi) is 5.71. The lowest BCUT2D eigenvalue weighted by Gasteiger charge is -2.21. The van der Waals surface area contributed by atoms with Crippen LogP contribution in [0.1, 0.15) is 50.2 Å². The molecule has 4 aromatic rings. The van der Waals surface area contributed by atoms with Crippen LogP contribution in [-0.2, 0) is 6.42 Å². The second-order valence-corrected chi connectivity index (χ2v) is 8.87. The molecule has 0 amide bonds. The van der Waals surface area contributed by atoms with Gasteiger partial charge < -0.3 is 4.98 Å². The molecule has 0 saturated heterocycles. The number of hydrogen-bond donors (Lipinski definition) is 2. The van der Waals surface area contributed by atoms with Gasteiger partial charge in [-0.2, -0.15) is 5.10 Å². The summed E-state index contributed by atoms with van der Waals surface area (Å²) in [5.41, 5.74) is 6.33. The Morgan fingerprint density at radius 2 is 2.00 bits per heavy atom. The van der Waals surface area contributed by atoms with E-state index in [1.54, 1.807) is 0 Å². The fraction of sp³-hybridized carbons (Fsp3) is 0.296. The van der Waals surface area contributed by atoms with Crippen molar-refractivity contribution < 1.29 is 0 Å². The van der Waals surface area contributed by atoms with Gasteiger partial charge in [0.2, 0.25) is 0 Å². The molecule has 1 aliphatic rings. The quantitative estimate of drug-likeness (QED) is 0.486. The van der Waals surface area contributed by atoms with E-state index in [-0.39, 0.29) is 0 Å². The molecular weight excluding hydrogens is 394 g/mol. The summed E-state index contributed by atoms with van der Waals surface area (Å²) in [6, 6.07) is 10.3. The topological polar surface area (TPSA) is 70.2 Å². The van der Waals surface area contributed by atoms with Crippen LogP contribution in [0, 0.1) is 5.92 Å². The number of allylic oxidation sites excluding steroid dienone is 2. The van der Waals surface area contributed by atoms with Gasteiger partial charge in [0.1, 0.15) is 5.69 Å². The minimum absolute atomic E-state index is 0.729. The van der Waals surface area contributed by atoms with Gasteiger partial charge in [-0.3, -0.25) is 10.1 Å². The molecule has 3 heterocycles. The van der Waals surface area contributed by atoms with E-state index in [2.05, 4.69) is 50.8 Å². The van der Waals surface area contributed by atoms with Crippen LogP contribution in [0.5, 0.6) is 0 Å². The number of hydrogen-bond acceptors (Lipinski definition) is 3. The van der Waals surface area contributed by atoms with Gasteiger partial charge in [-0.1, -0.05) is 56.9 Å². The smallest absolute Gasteiger partial charge is 0.159 e. The number of para-hydroxylation sites is 2. The number of imidazole rings is 1. The van der Waals surface area contributed by atoms with E-state index in [4.69, 9.17) is 0 Å². The van der Waals surface area contributed by atoms with E-state index in [1.807, 2.05) is 42.7 Å². The zero-order chi connectivity index (χ0) is 21.9. The lowest BCUT2D eigenvalue weighted by atomic mass is 9.85. The van der Waals surface area contributed by atoms with Gasteiger partial charge in [0, 0.05) is 17.6 Å². The standard InChI is InChI=1S/C27H29N5/c1-18(22-15-21(16-28-17-22)14-20-8-4-3-5-9-20)12-13-23-19(2)26(32-31-23)27-29-24-10-6-7-11-25(24)30-27/h6-7,10-13,15-17,20,31H,2-5,8-9,14H2,1H3,(H,29,30)/b18-12+,23-13+. The fourth-order valence-electron chi connectivity index (χ4n) is 4.62. The van der Waals surface area contributed by atoms with Crippen molar-refractivity contribution in [3.63, 3.8) is 0 Å². The zero-order valence-corrected chi connectivity index (χ0v) is 18.6. The summed E-state index contributed by atoms with van der Waals surface area (Å²) >= 11 is 0. The fourth-order valence-corrected chi connectivity index (χ4v) is 4.62. The average Bonchev–Trinajstić information content (AvgIpc) is 3.41. The molecule has 1 saturated carbocycles. The van der Waals surface area contributed by atoms with Crippen LogP contribution in [-0.4, -0.2) is 25.1 Å². The SMILES string of the molecule is C=c1c(-c2nc3ccccc3[nH]2)n[nH]/c1=C/C=C(\C)c1cncc(CC2CCCCC2)c1. The number of H-pyrrole nitrogens is 2. The molecule has 0 aliphatic heterocycles. The summed E-state index contributed by atoms with van der Waals surface area (Å²) in [6.45, 7) is 6.35. The van der Waals surface area contributed by atoms with Crippen molar-refractivity contribution in [3.8, 4) is 11.5 Å². The molecule has 0 bridgehead atoms. The lowest BCUT2D eigenvalue weighted by molar-refractivity contribution is 0.356. The number of aromatic nitrogens is 5. The number of fused-ring (bicyclic) bond motifs is 1. The molecule has 0 radical (unpaired) electrons. The van der Waals surface area contributed by atoms with Gasteiger partial charge in [0.05, 0.1) is 16.4 Å². The van der Waals surface area contributed by atoms with Gasteiger partial charge in [-0.25, -0.2) is 4.98 Å². The van der Waals surface area contributed by atoms with Gasteiger partial charge in [0.15, 0.2) is 5.82 Å². The molecule has 3 aromatic heterocycles. The number of rotatable bonds is 5. The Balaban J connectivity index is 1.38. The zero-order valence-electron chi connectivity index (χ0n) is 18.6. The van der Waals surface area contributed by atoms with Crippen LogP contribution in [0.25, 0.3) is 40.8 Å². The van der Waals surface area contributed by atoms with Crippen LogP contribution in [0.3, 0.4) is 0 Å². The lowest BCUT2D eigenvalue weighted by Crippen LogP contribution is -2.21. The molecule has 5 heteroatoms. The Bertz CT molecular complexity index is 1340. The average molecular weight is 424 g/mol. The minimum atomic E-state index is 0.729. The molecule has 1 aromatic carbocycles. The molecule has 162 valence electrons. The van der Waals surface area contributed by atoms with E-state index in [1.165, 1.54) is 43.2 Å². The molecule has 0 spiro atoms. The first kappa shape index (κ1) is 20.4. The molecule has 5 nitrogen and oxygen atoms in total. The van der Waals surface area contributed by atoms with Crippen LogP contribution in [0.2, 0.25) is 0 Å². The maximum absolute atomic E-state index is 4.64. The highest BCUT2D eigenvalue weighted by Gasteiger charge is 2.14. The van der Waals surface area contributed by atoms with E-state index >= 15 is 0 Å². The van der Waals surface area contributed by atoms with Crippen molar-refractivity contribution in [2.24, 2.45) is 5.92 Å². The van der Waals surface area contributed by atoms with Crippen molar-refractivity contribution in [2.75, 3.05) is 0 Å². The Morgan fingerprint density at radius 3 is 2.84 bits per heavy atom. The summed E-state index contributed by atoms with van der Waals surface area (Å²) in [5.74, 6) is 1.54. The van der Waals surface area contributed by atoms with Crippen molar-refractivity contribution in [1.82, 2.24) is 25.1 Å². The van der Waals surface area contributed by atoms with E-state index in [0.717, 1.165) is 51.0 Å². The number of pyridine rings is 1. The van der Waals surface area contributed by atoms with Gasteiger partial charge >= 0.3 is 0 Å². The van der Waals surface area contributed by atoms with Gasteiger partial charge in [0.25, 0.3) is 0 Å². The maximum atomic E-state index is 4.64.